The average Bonchev–Trinajstić information content (AvgIpc) is 3.20. The van der Waals surface area contributed by atoms with E-state index in [0.717, 1.165) is 11.8 Å². The topological polar surface area (TPSA) is 68.2 Å². The molecule has 0 spiro atoms. The third kappa shape index (κ3) is 3.48. The molecule has 0 unspecified atom stereocenters. The smallest absolute Gasteiger partial charge is 0.271 e. The van der Waals surface area contributed by atoms with Crippen molar-refractivity contribution in [2.24, 2.45) is 4.99 Å². The third-order valence-corrected chi connectivity index (χ3v) is 5.22. The van der Waals surface area contributed by atoms with Gasteiger partial charge in [0.25, 0.3) is 5.91 Å². The molecule has 142 valence electrons. The number of benzene rings is 2. The van der Waals surface area contributed by atoms with Crippen LogP contribution in [0.5, 0.6) is 11.5 Å². The first-order valence-corrected chi connectivity index (χ1v) is 9.30. The highest BCUT2D eigenvalue weighted by Gasteiger charge is 2.35. The highest BCUT2D eigenvalue weighted by atomic mass is 35.5. The van der Waals surface area contributed by atoms with Gasteiger partial charge in [-0.2, -0.15) is 4.99 Å². The van der Waals surface area contributed by atoms with Gasteiger partial charge >= 0.3 is 0 Å². The Labute approximate surface area is 168 Å². The standard InChI is InChI=1S/C19H12ClFN2O4S/c1-10(24)22-19-23(13-4-2-12(21)3-5-13)18(25)17(28-19)7-11-6-15-16(8-14(11)20)27-9-26-15/h2-8H,9H2,1H3. The van der Waals surface area contributed by atoms with Crippen LogP contribution in [0.2, 0.25) is 5.02 Å². The summed E-state index contributed by atoms with van der Waals surface area (Å²) in [6, 6.07) is 8.64. The highest BCUT2D eigenvalue weighted by Crippen LogP contribution is 2.40. The lowest BCUT2D eigenvalue weighted by atomic mass is 10.1. The second kappa shape index (κ2) is 7.29. The van der Waals surface area contributed by atoms with Crippen molar-refractivity contribution in [3.8, 4) is 11.5 Å². The number of fused-ring (bicyclic) bond motifs is 1. The monoisotopic (exact) mass is 418 g/mol. The van der Waals surface area contributed by atoms with Crippen LogP contribution in [0.3, 0.4) is 0 Å². The van der Waals surface area contributed by atoms with Crippen molar-refractivity contribution < 1.29 is 23.5 Å². The quantitative estimate of drug-likeness (QED) is 0.683. The molecule has 2 aromatic rings. The Morgan fingerprint density at radius 1 is 1.25 bits per heavy atom. The van der Waals surface area contributed by atoms with Crippen molar-refractivity contribution in [2.75, 3.05) is 11.7 Å². The second-order valence-electron chi connectivity index (χ2n) is 5.87. The minimum absolute atomic E-state index is 0.104. The van der Waals surface area contributed by atoms with E-state index >= 15 is 0 Å². The number of hydrogen-bond acceptors (Lipinski definition) is 5. The zero-order valence-corrected chi connectivity index (χ0v) is 16.0. The van der Waals surface area contributed by atoms with E-state index < -0.39 is 17.6 Å². The summed E-state index contributed by atoms with van der Waals surface area (Å²) in [6.07, 6.45) is 1.59. The molecular formula is C19H12ClFN2O4S. The fourth-order valence-electron chi connectivity index (χ4n) is 2.69. The fourth-order valence-corrected chi connectivity index (χ4v) is 3.91. The summed E-state index contributed by atoms with van der Waals surface area (Å²) in [4.78, 5) is 30.0. The van der Waals surface area contributed by atoms with Crippen LogP contribution in [0.15, 0.2) is 46.3 Å². The molecule has 9 heteroatoms. The molecule has 2 aliphatic heterocycles. The number of halogens is 2. The average molecular weight is 419 g/mol. The van der Waals surface area contributed by atoms with Gasteiger partial charge in [0.1, 0.15) is 5.82 Å². The molecule has 0 atom stereocenters. The van der Waals surface area contributed by atoms with Gasteiger partial charge in [-0.3, -0.25) is 14.5 Å². The molecule has 0 N–H and O–H groups in total. The number of anilines is 1. The lowest BCUT2D eigenvalue weighted by Gasteiger charge is -2.15. The molecule has 0 aromatic heterocycles. The van der Waals surface area contributed by atoms with Gasteiger partial charge in [0, 0.05) is 13.0 Å². The predicted octanol–water partition coefficient (Wildman–Crippen LogP) is 4.23. The number of aliphatic imine (C=N–C) groups is 1. The van der Waals surface area contributed by atoms with E-state index in [0.29, 0.717) is 32.7 Å². The van der Waals surface area contributed by atoms with Crippen molar-refractivity contribution in [3.63, 3.8) is 0 Å². The summed E-state index contributed by atoms with van der Waals surface area (Å²) in [7, 11) is 0. The van der Waals surface area contributed by atoms with Crippen molar-refractivity contribution >= 4 is 52.1 Å². The zero-order valence-electron chi connectivity index (χ0n) is 14.4. The first-order chi connectivity index (χ1) is 13.4. The van der Waals surface area contributed by atoms with E-state index in [1.54, 1.807) is 18.2 Å². The maximum Gasteiger partial charge on any atom is 0.271 e. The molecule has 4 rings (SSSR count). The highest BCUT2D eigenvalue weighted by molar-refractivity contribution is 8.19. The molecule has 2 heterocycles. The van der Waals surface area contributed by atoms with Crippen LogP contribution < -0.4 is 14.4 Å². The number of carbonyl (C=O) groups excluding carboxylic acids is 2. The number of ether oxygens (including phenoxy) is 2. The lowest BCUT2D eigenvalue weighted by molar-refractivity contribution is -0.115. The number of nitrogens with zero attached hydrogens (tertiary/aromatic N) is 2. The van der Waals surface area contributed by atoms with E-state index in [1.807, 2.05) is 0 Å². The maximum atomic E-state index is 13.3. The molecule has 0 bridgehead atoms. The summed E-state index contributed by atoms with van der Waals surface area (Å²) in [5.41, 5.74) is 0.962. The van der Waals surface area contributed by atoms with Crippen molar-refractivity contribution in [2.45, 2.75) is 6.92 Å². The van der Waals surface area contributed by atoms with Crippen LogP contribution in [0.1, 0.15) is 12.5 Å². The maximum absolute atomic E-state index is 13.3. The molecule has 1 saturated heterocycles. The van der Waals surface area contributed by atoms with E-state index in [9.17, 15) is 14.0 Å². The Kier molecular flexibility index (Phi) is 4.82. The van der Waals surface area contributed by atoms with Gasteiger partial charge in [-0.1, -0.05) is 11.6 Å². The van der Waals surface area contributed by atoms with Crippen molar-refractivity contribution in [1.82, 2.24) is 0 Å². The Hall–Kier alpha value is -2.84. The van der Waals surface area contributed by atoms with E-state index in [4.69, 9.17) is 21.1 Å². The third-order valence-electron chi connectivity index (χ3n) is 3.92. The number of hydrogen-bond donors (Lipinski definition) is 0. The SMILES string of the molecule is CC(=O)N=C1SC(=Cc2cc3c(cc2Cl)OCO3)C(=O)N1c1ccc(F)cc1. The van der Waals surface area contributed by atoms with Crippen molar-refractivity contribution in [1.29, 1.82) is 0 Å². The van der Waals surface area contributed by atoms with Crippen LogP contribution in [0.4, 0.5) is 10.1 Å². The lowest BCUT2D eigenvalue weighted by Crippen LogP contribution is -2.29. The van der Waals surface area contributed by atoms with Gasteiger partial charge in [0.2, 0.25) is 12.7 Å². The number of carbonyl (C=O) groups is 2. The minimum atomic E-state index is -0.454. The minimum Gasteiger partial charge on any atom is -0.454 e. The van der Waals surface area contributed by atoms with Gasteiger partial charge in [-0.15, -0.1) is 0 Å². The largest absolute Gasteiger partial charge is 0.454 e. The summed E-state index contributed by atoms with van der Waals surface area (Å²) < 4.78 is 23.9. The molecule has 1 fully saturated rings. The van der Waals surface area contributed by atoms with Crippen LogP contribution in [0, 0.1) is 5.82 Å². The van der Waals surface area contributed by atoms with E-state index in [1.165, 1.54) is 36.1 Å². The number of rotatable bonds is 2. The van der Waals surface area contributed by atoms with Gasteiger partial charge in [0.15, 0.2) is 16.7 Å². The normalized spacial score (nSPS) is 18.4. The van der Waals surface area contributed by atoms with Crippen LogP contribution in [0.25, 0.3) is 6.08 Å². The fraction of sp³-hybridized carbons (Fsp3) is 0.105. The Bertz CT molecular complexity index is 1050. The molecule has 0 radical (unpaired) electrons. The first kappa shape index (κ1) is 18.5. The number of thioether (sulfide) groups is 1. The Morgan fingerprint density at radius 3 is 2.61 bits per heavy atom. The first-order valence-electron chi connectivity index (χ1n) is 8.10. The number of amidine groups is 1. The van der Waals surface area contributed by atoms with Crippen LogP contribution in [-0.4, -0.2) is 23.8 Å². The van der Waals surface area contributed by atoms with E-state index in [-0.39, 0.29) is 12.0 Å². The summed E-state index contributed by atoms with van der Waals surface area (Å²) in [6.45, 7) is 1.39. The molecule has 0 aliphatic carbocycles. The summed E-state index contributed by atoms with van der Waals surface area (Å²) >= 11 is 7.32. The Balaban J connectivity index is 1.75. The zero-order chi connectivity index (χ0) is 19.8. The number of amides is 2. The molecule has 2 aromatic carbocycles. The molecular weight excluding hydrogens is 407 g/mol. The molecule has 0 saturated carbocycles. The van der Waals surface area contributed by atoms with E-state index in [2.05, 4.69) is 4.99 Å². The van der Waals surface area contributed by atoms with Gasteiger partial charge < -0.3 is 9.47 Å². The molecule has 2 aliphatic rings. The van der Waals surface area contributed by atoms with Crippen LogP contribution in [-0.2, 0) is 9.59 Å². The Morgan fingerprint density at radius 2 is 1.93 bits per heavy atom. The molecule has 2 amide bonds. The molecule has 6 nitrogen and oxygen atoms in total. The van der Waals surface area contributed by atoms with Gasteiger partial charge in [-0.05, 0) is 53.7 Å². The second-order valence-corrected chi connectivity index (χ2v) is 7.28. The van der Waals surface area contributed by atoms with Crippen molar-refractivity contribution in [3.05, 3.63) is 57.7 Å². The van der Waals surface area contributed by atoms with Crippen LogP contribution >= 0.6 is 23.4 Å². The summed E-state index contributed by atoms with van der Waals surface area (Å²) in [5.74, 6) is -0.227. The van der Waals surface area contributed by atoms with Gasteiger partial charge in [-0.25, -0.2) is 4.39 Å². The van der Waals surface area contributed by atoms with Gasteiger partial charge in [0.05, 0.1) is 15.6 Å². The molecule has 28 heavy (non-hydrogen) atoms. The predicted molar refractivity (Wildman–Crippen MR) is 105 cm³/mol. The summed E-state index contributed by atoms with van der Waals surface area (Å²) in [5, 5.41) is 0.572.